The van der Waals surface area contributed by atoms with E-state index in [1.54, 1.807) is 11.3 Å². The molecule has 0 saturated heterocycles. The number of ether oxygens (including phenoxy) is 1. The van der Waals surface area contributed by atoms with Gasteiger partial charge in [0.1, 0.15) is 5.75 Å². The summed E-state index contributed by atoms with van der Waals surface area (Å²) in [6, 6.07) is 12.4. The summed E-state index contributed by atoms with van der Waals surface area (Å²) in [5.41, 5.74) is 1.19. The van der Waals surface area contributed by atoms with E-state index in [1.165, 1.54) is 10.4 Å². The maximum absolute atomic E-state index is 5.99. The molecule has 1 unspecified atom stereocenters. The summed E-state index contributed by atoms with van der Waals surface area (Å²) in [5, 5.41) is 3.36. The molecule has 0 spiro atoms. The van der Waals surface area contributed by atoms with E-state index in [2.05, 4.69) is 17.4 Å². The summed E-state index contributed by atoms with van der Waals surface area (Å²) in [4.78, 5) is 1.27. The van der Waals surface area contributed by atoms with Gasteiger partial charge in [-0.05, 0) is 32.2 Å². The number of thiophene rings is 1. The molecule has 0 aliphatic rings. The zero-order chi connectivity index (χ0) is 13.7. The molecule has 19 heavy (non-hydrogen) atoms. The van der Waals surface area contributed by atoms with E-state index < -0.39 is 0 Å². The van der Waals surface area contributed by atoms with Gasteiger partial charge in [0.15, 0.2) is 0 Å². The first-order valence-corrected chi connectivity index (χ1v) is 7.57. The van der Waals surface area contributed by atoms with Gasteiger partial charge in [-0.25, -0.2) is 0 Å². The topological polar surface area (TPSA) is 21.3 Å². The molecule has 0 bridgehead atoms. The molecule has 0 saturated carbocycles. The minimum atomic E-state index is 0.234. The molecule has 1 heterocycles. The summed E-state index contributed by atoms with van der Waals surface area (Å²) >= 11 is 7.62. The summed E-state index contributed by atoms with van der Waals surface area (Å²) in [6.07, 6.45) is 0.915. The number of hydrogen-bond acceptors (Lipinski definition) is 3. The number of benzene rings is 1. The Labute approximate surface area is 123 Å². The summed E-state index contributed by atoms with van der Waals surface area (Å²) in [6.45, 7) is 2.68. The van der Waals surface area contributed by atoms with Crippen molar-refractivity contribution in [3.63, 3.8) is 0 Å². The largest absolute Gasteiger partial charge is 0.494 e. The Balaban J connectivity index is 2.21. The van der Waals surface area contributed by atoms with Gasteiger partial charge in [0, 0.05) is 22.9 Å². The number of para-hydroxylation sites is 1. The van der Waals surface area contributed by atoms with Crippen LogP contribution in [0.4, 0.5) is 0 Å². The number of hydrogen-bond donors (Lipinski definition) is 1. The van der Waals surface area contributed by atoms with Gasteiger partial charge < -0.3 is 10.1 Å². The van der Waals surface area contributed by atoms with Crippen LogP contribution in [-0.4, -0.2) is 13.7 Å². The van der Waals surface area contributed by atoms with E-state index in [1.807, 2.05) is 38.2 Å². The average Bonchev–Trinajstić information content (AvgIpc) is 2.83. The van der Waals surface area contributed by atoms with Crippen molar-refractivity contribution in [2.45, 2.75) is 19.4 Å². The molecule has 0 aliphatic heterocycles. The van der Waals surface area contributed by atoms with Gasteiger partial charge in [-0.3, -0.25) is 0 Å². The fraction of sp³-hybridized carbons (Fsp3) is 0.333. The molecular weight excluding hydrogens is 278 g/mol. The Morgan fingerprint density at radius 2 is 2.05 bits per heavy atom. The Morgan fingerprint density at radius 3 is 2.68 bits per heavy atom. The van der Waals surface area contributed by atoms with Crippen LogP contribution in [0.15, 0.2) is 36.4 Å². The Kier molecular flexibility index (Phi) is 5.25. The van der Waals surface area contributed by atoms with Crippen LogP contribution in [0.25, 0.3) is 0 Å². The molecule has 2 nitrogen and oxygen atoms in total. The van der Waals surface area contributed by atoms with Crippen molar-refractivity contribution >= 4 is 22.9 Å². The van der Waals surface area contributed by atoms with Gasteiger partial charge in [0.25, 0.3) is 0 Å². The zero-order valence-corrected chi connectivity index (χ0v) is 12.7. The Hall–Kier alpha value is -1.03. The fourth-order valence-corrected chi connectivity index (χ4v) is 3.22. The minimum absolute atomic E-state index is 0.234. The van der Waals surface area contributed by atoms with Crippen molar-refractivity contribution < 1.29 is 4.74 Å². The summed E-state index contributed by atoms with van der Waals surface area (Å²) < 4.78 is 6.54. The van der Waals surface area contributed by atoms with Crippen molar-refractivity contribution in [3.05, 3.63) is 51.2 Å². The first-order chi connectivity index (χ1) is 9.24. The number of likely N-dealkylation sites (N-methyl/N-ethyl adjacent to an activating group) is 1. The Morgan fingerprint density at radius 1 is 1.26 bits per heavy atom. The lowest BCUT2D eigenvalue weighted by molar-refractivity contribution is 0.332. The first kappa shape index (κ1) is 14.4. The molecule has 1 atom stereocenters. The van der Waals surface area contributed by atoms with Gasteiger partial charge >= 0.3 is 0 Å². The van der Waals surface area contributed by atoms with E-state index >= 15 is 0 Å². The van der Waals surface area contributed by atoms with Crippen LogP contribution in [0.3, 0.4) is 0 Å². The molecule has 4 heteroatoms. The van der Waals surface area contributed by atoms with Crippen molar-refractivity contribution in [1.82, 2.24) is 5.32 Å². The van der Waals surface area contributed by atoms with Crippen LogP contribution in [-0.2, 0) is 6.42 Å². The third-order valence-corrected chi connectivity index (χ3v) is 4.23. The molecule has 0 aliphatic carbocycles. The lowest BCUT2D eigenvalue weighted by atomic mass is 10.0. The lowest BCUT2D eigenvalue weighted by Gasteiger charge is -2.19. The van der Waals surface area contributed by atoms with E-state index in [0.29, 0.717) is 6.61 Å². The molecule has 0 fully saturated rings. The lowest BCUT2D eigenvalue weighted by Crippen LogP contribution is -2.19. The van der Waals surface area contributed by atoms with Crippen molar-refractivity contribution in [1.29, 1.82) is 0 Å². The molecule has 0 amide bonds. The van der Waals surface area contributed by atoms with Gasteiger partial charge in [0.2, 0.25) is 0 Å². The minimum Gasteiger partial charge on any atom is -0.494 e. The monoisotopic (exact) mass is 295 g/mol. The van der Waals surface area contributed by atoms with E-state index in [-0.39, 0.29) is 6.04 Å². The SMILES string of the molecule is CCOc1ccccc1C(Cc1ccc(Cl)s1)NC. The molecule has 2 aromatic rings. The van der Waals surface area contributed by atoms with Gasteiger partial charge in [-0.2, -0.15) is 0 Å². The third kappa shape index (κ3) is 3.72. The van der Waals surface area contributed by atoms with Crippen LogP contribution in [0.1, 0.15) is 23.4 Å². The average molecular weight is 296 g/mol. The molecule has 1 N–H and O–H groups in total. The van der Waals surface area contributed by atoms with Crippen molar-refractivity contribution in [2.75, 3.05) is 13.7 Å². The predicted molar refractivity (Wildman–Crippen MR) is 82.4 cm³/mol. The van der Waals surface area contributed by atoms with E-state index in [4.69, 9.17) is 16.3 Å². The normalized spacial score (nSPS) is 12.4. The Bertz CT molecular complexity index is 526. The van der Waals surface area contributed by atoms with Gasteiger partial charge in [0.05, 0.1) is 10.9 Å². The standard InChI is InChI=1S/C15H18ClNOS/c1-3-18-14-7-5-4-6-12(14)13(17-2)10-11-8-9-15(16)19-11/h4-9,13,17H,3,10H2,1-2H3. The highest BCUT2D eigenvalue weighted by atomic mass is 35.5. The highest BCUT2D eigenvalue weighted by Crippen LogP contribution is 2.30. The molecule has 0 radical (unpaired) electrons. The van der Waals surface area contributed by atoms with Crippen LogP contribution in [0.2, 0.25) is 4.34 Å². The van der Waals surface area contributed by atoms with Crippen LogP contribution < -0.4 is 10.1 Å². The van der Waals surface area contributed by atoms with E-state index in [0.717, 1.165) is 16.5 Å². The third-order valence-electron chi connectivity index (χ3n) is 2.98. The zero-order valence-electron chi connectivity index (χ0n) is 11.2. The van der Waals surface area contributed by atoms with Crippen LogP contribution in [0.5, 0.6) is 5.75 Å². The second-order valence-corrected chi connectivity index (χ2v) is 6.02. The van der Waals surface area contributed by atoms with Crippen LogP contribution in [0, 0.1) is 0 Å². The maximum atomic E-state index is 5.99. The van der Waals surface area contributed by atoms with Gasteiger partial charge in [-0.15, -0.1) is 11.3 Å². The number of nitrogens with one attached hydrogen (secondary N) is 1. The molecule has 102 valence electrons. The second kappa shape index (κ2) is 6.94. The predicted octanol–water partition coefficient (Wildman–Crippen LogP) is 4.30. The number of halogens is 1. The first-order valence-electron chi connectivity index (χ1n) is 6.37. The van der Waals surface area contributed by atoms with Gasteiger partial charge in [-0.1, -0.05) is 29.8 Å². The van der Waals surface area contributed by atoms with E-state index in [9.17, 15) is 0 Å². The highest BCUT2D eigenvalue weighted by Gasteiger charge is 2.15. The van der Waals surface area contributed by atoms with Crippen LogP contribution >= 0.6 is 22.9 Å². The summed E-state index contributed by atoms with van der Waals surface area (Å²) in [7, 11) is 1.97. The quantitative estimate of drug-likeness (QED) is 0.858. The number of rotatable bonds is 6. The highest BCUT2D eigenvalue weighted by molar-refractivity contribution is 7.16. The molecule has 2 rings (SSSR count). The molecule has 1 aromatic heterocycles. The van der Waals surface area contributed by atoms with Crippen molar-refractivity contribution in [3.8, 4) is 5.75 Å². The smallest absolute Gasteiger partial charge is 0.124 e. The fourth-order valence-electron chi connectivity index (χ4n) is 2.09. The second-order valence-electron chi connectivity index (χ2n) is 4.22. The maximum Gasteiger partial charge on any atom is 0.124 e. The van der Waals surface area contributed by atoms with Crippen molar-refractivity contribution in [2.24, 2.45) is 0 Å². The summed E-state index contributed by atoms with van der Waals surface area (Å²) in [5.74, 6) is 0.951. The molecular formula is C15H18ClNOS. The molecule has 1 aromatic carbocycles.